The molecule has 9 heteroatoms. The zero-order chi connectivity index (χ0) is 23.8. The van der Waals surface area contributed by atoms with Crippen LogP contribution in [-0.4, -0.2) is 21.0 Å². The number of aryl methyl sites for hydroxylation is 4. The van der Waals surface area contributed by atoms with E-state index in [-0.39, 0.29) is 36.3 Å². The first-order valence-corrected chi connectivity index (χ1v) is 12.2. The number of esters is 1. The number of fused-ring (bicyclic) bond motifs is 4. The van der Waals surface area contributed by atoms with Crippen LogP contribution in [0.5, 0.6) is 5.75 Å². The quantitative estimate of drug-likeness (QED) is 0.317. The molecule has 1 aliphatic rings. The minimum absolute atomic E-state index is 0.0416. The van der Waals surface area contributed by atoms with E-state index in [1.165, 1.54) is 17.0 Å². The number of phenolic OH excluding ortho intramolecular Hbond substituents is 1. The van der Waals surface area contributed by atoms with E-state index >= 15 is 0 Å². The second-order valence-electron chi connectivity index (χ2n) is 8.49. The predicted molar refractivity (Wildman–Crippen MR) is 129 cm³/mol. The first-order chi connectivity index (χ1) is 16.4. The average Bonchev–Trinajstić information content (AvgIpc) is 3.19. The molecule has 3 heterocycles. The Hall–Kier alpha value is -3.46. The van der Waals surface area contributed by atoms with Crippen LogP contribution in [0.25, 0.3) is 21.2 Å². The lowest BCUT2D eigenvalue weighted by Crippen LogP contribution is -2.14. The number of aromatic nitrogens is 2. The molecule has 0 amide bonds. The summed E-state index contributed by atoms with van der Waals surface area (Å²) in [5.41, 5.74) is 1.84. The highest BCUT2D eigenvalue weighted by atomic mass is 32.1. The number of thiophene rings is 1. The second kappa shape index (κ2) is 9.06. The fourth-order valence-corrected chi connectivity index (χ4v) is 5.77. The van der Waals surface area contributed by atoms with Crippen molar-refractivity contribution in [1.82, 2.24) is 9.97 Å². The Morgan fingerprint density at radius 1 is 1.21 bits per heavy atom. The number of hydrogen-bond acceptors (Lipinski definition) is 8. The number of nitrogens with zero attached hydrogens (tertiary/aromatic N) is 1. The molecule has 4 aromatic rings. The maximum Gasteiger partial charge on any atom is 0.336 e. The van der Waals surface area contributed by atoms with Gasteiger partial charge in [0, 0.05) is 34.4 Å². The van der Waals surface area contributed by atoms with Gasteiger partial charge in [-0.15, -0.1) is 11.3 Å². The predicted octanol–water partition coefficient (Wildman–Crippen LogP) is 3.91. The van der Waals surface area contributed by atoms with Gasteiger partial charge in [0.15, 0.2) is 0 Å². The lowest BCUT2D eigenvalue weighted by Gasteiger charge is -2.10. The molecule has 2 N–H and O–H groups in total. The maximum atomic E-state index is 12.7. The molecule has 8 nitrogen and oxygen atoms in total. The van der Waals surface area contributed by atoms with Gasteiger partial charge in [-0.3, -0.25) is 9.59 Å². The van der Waals surface area contributed by atoms with Gasteiger partial charge in [-0.1, -0.05) is 6.92 Å². The van der Waals surface area contributed by atoms with Crippen molar-refractivity contribution in [1.29, 1.82) is 0 Å². The highest BCUT2D eigenvalue weighted by Gasteiger charge is 2.20. The van der Waals surface area contributed by atoms with Gasteiger partial charge in [-0.05, 0) is 49.3 Å². The summed E-state index contributed by atoms with van der Waals surface area (Å²) >= 11 is 1.57. The van der Waals surface area contributed by atoms with Crippen LogP contribution in [0.1, 0.15) is 53.6 Å². The van der Waals surface area contributed by atoms with Gasteiger partial charge in [-0.25, -0.2) is 9.78 Å². The summed E-state index contributed by atoms with van der Waals surface area (Å²) in [5, 5.41) is 11.3. The smallest absolute Gasteiger partial charge is 0.336 e. The summed E-state index contributed by atoms with van der Waals surface area (Å²) < 4.78 is 10.6. The molecule has 5 rings (SSSR count). The van der Waals surface area contributed by atoms with Gasteiger partial charge < -0.3 is 19.2 Å². The number of ether oxygens (including phenoxy) is 1. The number of phenols is 1. The monoisotopic (exact) mass is 480 g/mol. The highest BCUT2D eigenvalue weighted by Crippen LogP contribution is 2.33. The largest absolute Gasteiger partial charge is 0.508 e. The molecule has 1 aromatic carbocycles. The van der Waals surface area contributed by atoms with Gasteiger partial charge in [-0.2, -0.15) is 0 Å². The van der Waals surface area contributed by atoms with E-state index in [1.54, 1.807) is 17.4 Å². The number of rotatable bonds is 6. The molecule has 0 saturated heterocycles. The molecule has 0 bridgehead atoms. The molecule has 1 aliphatic carbocycles. The van der Waals surface area contributed by atoms with Crippen molar-refractivity contribution in [2.24, 2.45) is 0 Å². The van der Waals surface area contributed by atoms with Crippen molar-refractivity contribution in [3.63, 3.8) is 0 Å². The summed E-state index contributed by atoms with van der Waals surface area (Å²) in [6.07, 6.45) is 5.02. The van der Waals surface area contributed by atoms with E-state index in [0.717, 1.165) is 36.1 Å². The Kier molecular flexibility index (Phi) is 5.95. The van der Waals surface area contributed by atoms with Crippen LogP contribution in [0.2, 0.25) is 0 Å². The first kappa shape index (κ1) is 22.3. The molecular weight excluding hydrogens is 456 g/mol. The standard InChI is InChI=1S/C25H24N2O6S/c1-2-13-9-16-14(10-22(30)33-18(16)11-17(13)28)12-32-21(29)8-7-20-26-24(31)23-15-5-3-4-6-19(15)34-25(23)27-20/h9-11,28H,2-8,12H2,1H3,(H,26,27,31). The zero-order valence-electron chi connectivity index (χ0n) is 18.7. The fourth-order valence-electron chi connectivity index (χ4n) is 4.49. The van der Waals surface area contributed by atoms with Crippen LogP contribution < -0.4 is 11.2 Å². The molecule has 0 spiro atoms. The molecule has 3 aromatic heterocycles. The normalized spacial score (nSPS) is 13.3. The minimum atomic E-state index is -0.587. The first-order valence-electron chi connectivity index (χ1n) is 11.4. The van der Waals surface area contributed by atoms with Crippen LogP contribution in [0.15, 0.2) is 32.2 Å². The van der Waals surface area contributed by atoms with Crippen molar-refractivity contribution in [2.75, 3.05) is 0 Å². The van der Waals surface area contributed by atoms with Crippen LogP contribution in [0.4, 0.5) is 0 Å². The van der Waals surface area contributed by atoms with E-state index in [9.17, 15) is 19.5 Å². The molecule has 0 radical (unpaired) electrons. The van der Waals surface area contributed by atoms with Gasteiger partial charge in [0.2, 0.25) is 0 Å². The van der Waals surface area contributed by atoms with Gasteiger partial charge in [0.1, 0.15) is 28.6 Å². The molecule has 0 fully saturated rings. The number of aromatic hydroxyl groups is 1. The van der Waals surface area contributed by atoms with Crippen molar-refractivity contribution >= 4 is 38.5 Å². The highest BCUT2D eigenvalue weighted by molar-refractivity contribution is 7.18. The molecule has 34 heavy (non-hydrogen) atoms. The Bertz CT molecular complexity index is 1530. The minimum Gasteiger partial charge on any atom is -0.508 e. The number of aromatic amines is 1. The summed E-state index contributed by atoms with van der Waals surface area (Å²) in [6.45, 7) is 1.80. The third-order valence-corrected chi connectivity index (χ3v) is 7.42. The van der Waals surface area contributed by atoms with Gasteiger partial charge in [0.05, 0.1) is 11.8 Å². The lowest BCUT2D eigenvalue weighted by molar-refractivity contribution is -0.144. The number of carbonyl (C=O) groups is 1. The molecule has 0 saturated carbocycles. The Morgan fingerprint density at radius 2 is 2.03 bits per heavy atom. The Labute approximate surface area is 198 Å². The topological polar surface area (TPSA) is 122 Å². The van der Waals surface area contributed by atoms with Crippen LogP contribution in [0, 0.1) is 0 Å². The number of H-pyrrole nitrogens is 1. The van der Waals surface area contributed by atoms with Crippen LogP contribution >= 0.6 is 11.3 Å². The lowest BCUT2D eigenvalue weighted by atomic mass is 9.97. The van der Waals surface area contributed by atoms with E-state index in [4.69, 9.17) is 9.15 Å². The van der Waals surface area contributed by atoms with Crippen molar-refractivity contribution in [3.05, 3.63) is 66.4 Å². The Morgan fingerprint density at radius 3 is 2.85 bits per heavy atom. The zero-order valence-corrected chi connectivity index (χ0v) is 19.5. The second-order valence-corrected chi connectivity index (χ2v) is 9.57. The summed E-state index contributed by atoms with van der Waals surface area (Å²) in [7, 11) is 0. The molecule has 0 atom stereocenters. The average molecular weight is 481 g/mol. The van der Waals surface area contributed by atoms with Gasteiger partial charge in [0.25, 0.3) is 5.56 Å². The molecule has 0 aliphatic heterocycles. The number of carbonyl (C=O) groups excluding carboxylic acids is 1. The number of hydrogen-bond donors (Lipinski definition) is 2. The fraction of sp³-hybridized carbons (Fsp3) is 0.360. The molecule has 0 unspecified atom stereocenters. The summed E-state index contributed by atoms with van der Waals surface area (Å²) in [4.78, 5) is 46.4. The third kappa shape index (κ3) is 4.23. The van der Waals surface area contributed by atoms with Gasteiger partial charge >= 0.3 is 11.6 Å². The summed E-state index contributed by atoms with van der Waals surface area (Å²) in [6, 6.07) is 4.43. The molecular formula is C25H24N2O6S. The van der Waals surface area contributed by atoms with E-state index in [2.05, 4.69) is 9.97 Å². The SMILES string of the molecule is CCc1cc2c(COC(=O)CCc3nc4sc5c(c4c(=O)[nH]3)CCCC5)cc(=O)oc2cc1O. The van der Waals surface area contributed by atoms with E-state index in [1.807, 2.05) is 6.92 Å². The van der Waals surface area contributed by atoms with Crippen LogP contribution in [0.3, 0.4) is 0 Å². The number of nitrogens with one attached hydrogen (secondary N) is 1. The van der Waals surface area contributed by atoms with E-state index in [0.29, 0.717) is 34.1 Å². The van der Waals surface area contributed by atoms with Crippen molar-refractivity contribution < 1.29 is 19.1 Å². The summed E-state index contributed by atoms with van der Waals surface area (Å²) in [5.74, 6) is 0.0448. The van der Waals surface area contributed by atoms with E-state index < -0.39 is 11.6 Å². The number of benzene rings is 1. The van der Waals surface area contributed by atoms with Crippen molar-refractivity contribution in [2.45, 2.75) is 58.5 Å². The van der Waals surface area contributed by atoms with Crippen molar-refractivity contribution in [3.8, 4) is 5.75 Å². The third-order valence-electron chi connectivity index (χ3n) is 6.24. The van der Waals surface area contributed by atoms with Crippen LogP contribution in [-0.2, 0) is 41.8 Å². The molecule has 176 valence electrons. The Balaban J connectivity index is 1.29. The maximum absolute atomic E-state index is 12.7.